The molecule has 0 bridgehead atoms. The predicted octanol–water partition coefficient (Wildman–Crippen LogP) is 5.25. The molecular weight excluding hydrogens is 589 g/mol. The van der Waals surface area contributed by atoms with Gasteiger partial charge in [-0.05, 0) is 83.5 Å². The summed E-state index contributed by atoms with van der Waals surface area (Å²) in [4.78, 5) is 32.8. The van der Waals surface area contributed by atoms with E-state index in [1.54, 1.807) is 12.3 Å². The number of amides is 2. The number of hydrogen-bond acceptors (Lipinski definition) is 8. The molecule has 0 unspecified atom stereocenters. The Bertz CT molecular complexity index is 1330. The topological polar surface area (TPSA) is 120 Å². The Morgan fingerprint density at radius 2 is 1.76 bits per heavy atom. The molecule has 10 nitrogen and oxygen atoms in total. The van der Waals surface area contributed by atoms with Crippen LogP contribution in [-0.4, -0.2) is 84.0 Å². The van der Waals surface area contributed by atoms with Crippen molar-refractivity contribution in [2.45, 2.75) is 70.7 Å². The lowest BCUT2D eigenvalue weighted by Crippen LogP contribution is -2.43. The van der Waals surface area contributed by atoms with Crippen LogP contribution in [0.3, 0.4) is 0 Å². The fourth-order valence-corrected chi connectivity index (χ4v) is 5.51. The molecule has 1 aromatic rings. The van der Waals surface area contributed by atoms with Gasteiger partial charge in [0.05, 0.1) is 18.5 Å². The number of allylic oxidation sites excluding steroid dienone is 3. The van der Waals surface area contributed by atoms with Gasteiger partial charge in [-0.2, -0.15) is 13.2 Å². The van der Waals surface area contributed by atoms with Crippen LogP contribution >= 0.6 is 0 Å². The average Bonchev–Trinajstić information content (AvgIpc) is 2.99. The van der Waals surface area contributed by atoms with Crippen molar-refractivity contribution in [3.8, 4) is 0 Å². The van der Waals surface area contributed by atoms with Crippen molar-refractivity contribution < 1.29 is 32.2 Å². The van der Waals surface area contributed by atoms with Gasteiger partial charge in [-0.3, -0.25) is 4.79 Å². The Labute approximate surface area is 262 Å². The van der Waals surface area contributed by atoms with Crippen LogP contribution in [0.5, 0.6) is 0 Å². The van der Waals surface area contributed by atoms with Gasteiger partial charge in [-0.25, -0.2) is 9.78 Å². The van der Waals surface area contributed by atoms with E-state index in [1.807, 2.05) is 25.7 Å². The van der Waals surface area contributed by atoms with Crippen molar-refractivity contribution in [1.82, 2.24) is 25.4 Å². The van der Waals surface area contributed by atoms with Crippen LogP contribution in [0, 0.1) is 11.3 Å². The van der Waals surface area contributed by atoms with Crippen LogP contribution in [-0.2, 0) is 15.7 Å². The van der Waals surface area contributed by atoms with Crippen molar-refractivity contribution in [3.05, 3.63) is 65.0 Å². The number of nitrogens with one attached hydrogen (secondary N) is 3. The van der Waals surface area contributed by atoms with Gasteiger partial charge < -0.3 is 35.3 Å². The van der Waals surface area contributed by atoms with E-state index in [0.717, 1.165) is 77.0 Å². The minimum Gasteiger partial charge on any atom is -0.494 e. The second-order valence-corrected chi connectivity index (χ2v) is 12.6. The Kier molecular flexibility index (Phi) is 10.9. The number of rotatable bonds is 8. The Balaban J connectivity index is 1.24. The van der Waals surface area contributed by atoms with Gasteiger partial charge in [0.25, 0.3) is 5.91 Å². The Hall–Kier alpha value is -3.87. The zero-order chi connectivity index (χ0) is 32.8. The quantitative estimate of drug-likeness (QED) is 0.358. The molecule has 0 radical (unpaired) electrons. The molecule has 4 rings (SSSR count). The predicted molar refractivity (Wildman–Crippen MR) is 163 cm³/mol. The van der Waals surface area contributed by atoms with Crippen molar-refractivity contribution in [2.75, 3.05) is 39.8 Å². The molecule has 13 heteroatoms. The van der Waals surface area contributed by atoms with E-state index < -0.39 is 23.4 Å². The lowest BCUT2D eigenvalue weighted by molar-refractivity contribution is -0.141. The lowest BCUT2D eigenvalue weighted by atomic mass is 9.93. The van der Waals surface area contributed by atoms with Crippen LogP contribution < -0.4 is 10.6 Å². The van der Waals surface area contributed by atoms with E-state index >= 15 is 0 Å². The Morgan fingerprint density at radius 3 is 2.38 bits per heavy atom. The number of methoxy groups -OCH3 is 1. The van der Waals surface area contributed by atoms with Gasteiger partial charge >= 0.3 is 12.3 Å². The van der Waals surface area contributed by atoms with E-state index in [1.165, 1.54) is 19.3 Å². The first kappa shape index (κ1) is 34.0. The molecule has 0 saturated carbocycles. The van der Waals surface area contributed by atoms with E-state index in [4.69, 9.17) is 14.9 Å². The number of carbonyl (C=O) groups is 2. The van der Waals surface area contributed by atoms with Crippen LogP contribution in [0.25, 0.3) is 0 Å². The van der Waals surface area contributed by atoms with Crippen molar-refractivity contribution in [1.29, 1.82) is 5.41 Å². The highest BCUT2D eigenvalue weighted by Crippen LogP contribution is 2.28. The number of piperidine rings is 2. The fraction of sp³-hybridized carbons (Fsp3) is 0.562. The van der Waals surface area contributed by atoms with Crippen LogP contribution in [0.15, 0.2) is 53.6 Å². The number of hydrogen-bond donors (Lipinski definition) is 3. The van der Waals surface area contributed by atoms with E-state index in [0.29, 0.717) is 11.5 Å². The zero-order valence-corrected chi connectivity index (χ0v) is 26.3. The summed E-state index contributed by atoms with van der Waals surface area (Å²) in [5.41, 5.74) is -1.13. The second-order valence-electron chi connectivity index (χ2n) is 12.6. The summed E-state index contributed by atoms with van der Waals surface area (Å²) >= 11 is 0. The number of alkyl halides is 3. The van der Waals surface area contributed by atoms with Gasteiger partial charge in [-0.15, -0.1) is 0 Å². The number of halogens is 3. The number of aromatic nitrogens is 1. The summed E-state index contributed by atoms with van der Waals surface area (Å²) in [6.07, 6.45) is 4.78. The molecule has 2 amide bonds. The molecule has 3 aliphatic rings. The lowest BCUT2D eigenvalue weighted by Gasteiger charge is -2.36. The highest BCUT2D eigenvalue weighted by Gasteiger charge is 2.33. The summed E-state index contributed by atoms with van der Waals surface area (Å²) in [6, 6.07) is 3.34. The molecule has 3 heterocycles. The molecule has 2 fully saturated rings. The minimum absolute atomic E-state index is 0.171. The number of nitrogens with zero attached hydrogens (tertiary/aromatic N) is 3. The summed E-state index contributed by atoms with van der Waals surface area (Å²) in [5, 5.41) is 14.4. The highest BCUT2D eigenvalue weighted by molar-refractivity contribution is 6.10. The summed E-state index contributed by atoms with van der Waals surface area (Å²) < 4.78 is 50.0. The third-order valence-electron chi connectivity index (χ3n) is 8.07. The third-order valence-corrected chi connectivity index (χ3v) is 8.07. The summed E-state index contributed by atoms with van der Waals surface area (Å²) in [5.74, 6) is -0.0178. The first-order valence-electron chi connectivity index (χ1n) is 15.3. The molecule has 45 heavy (non-hydrogen) atoms. The maximum atomic E-state index is 13.1. The molecule has 0 atom stereocenters. The highest BCUT2D eigenvalue weighted by atomic mass is 19.4. The Morgan fingerprint density at radius 1 is 1.07 bits per heavy atom. The average molecular weight is 633 g/mol. The van der Waals surface area contributed by atoms with Gasteiger partial charge in [0.2, 0.25) is 0 Å². The van der Waals surface area contributed by atoms with Crippen molar-refractivity contribution in [3.63, 3.8) is 0 Å². The van der Waals surface area contributed by atoms with Crippen LogP contribution in [0.2, 0.25) is 0 Å². The SMILES string of the molecule is COC1=CC(=N)/C(=C\NC2CCN(CCC3CCN(C(=O)OC(C)(C)C)CC3)CC2)C=C1NC(=O)c1cccc(C(F)(F)F)n1. The maximum Gasteiger partial charge on any atom is 0.433 e. The van der Waals surface area contributed by atoms with Crippen molar-refractivity contribution in [2.24, 2.45) is 5.92 Å². The molecule has 2 saturated heterocycles. The minimum atomic E-state index is -4.67. The second kappa shape index (κ2) is 14.5. The first-order valence-corrected chi connectivity index (χ1v) is 15.3. The molecule has 0 spiro atoms. The van der Waals surface area contributed by atoms with E-state index in [9.17, 15) is 22.8 Å². The summed E-state index contributed by atoms with van der Waals surface area (Å²) in [7, 11) is 1.38. The van der Waals surface area contributed by atoms with Crippen LogP contribution in [0.4, 0.5) is 18.0 Å². The molecule has 2 aliphatic heterocycles. The maximum absolute atomic E-state index is 13.1. The summed E-state index contributed by atoms with van der Waals surface area (Å²) in [6.45, 7) is 10.0. The first-order chi connectivity index (χ1) is 21.2. The number of carbonyl (C=O) groups excluding carboxylic acids is 2. The molecule has 1 aromatic heterocycles. The largest absolute Gasteiger partial charge is 0.494 e. The molecular formula is C32H43F3N6O4. The smallest absolute Gasteiger partial charge is 0.433 e. The standard InChI is InChI=1S/C32H43F3N6O4/c1-31(2,3)45-30(43)41-16-9-21(10-17-41)8-13-40-14-11-23(12-15-40)37-20-22-18-26(27(44-4)19-24(22)36)39-29(42)25-6-5-7-28(38-25)32(33,34)35/h5-7,18-21,23,36-37H,8-17H2,1-4H3,(H,39,42)/b22-20-,36-24?. The monoisotopic (exact) mass is 632 g/mol. The molecule has 246 valence electrons. The number of pyridine rings is 1. The molecule has 1 aliphatic carbocycles. The van der Waals surface area contributed by atoms with Crippen molar-refractivity contribution >= 4 is 17.7 Å². The normalized spacial score (nSPS) is 20.0. The third kappa shape index (κ3) is 9.81. The molecule has 0 aromatic carbocycles. The van der Waals surface area contributed by atoms with E-state index in [-0.39, 0.29) is 35.0 Å². The van der Waals surface area contributed by atoms with Gasteiger partial charge in [0.1, 0.15) is 22.7 Å². The fourth-order valence-electron chi connectivity index (χ4n) is 5.51. The number of ether oxygens (including phenoxy) is 2. The number of likely N-dealkylation sites (tertiary alicyclic amines) is 2. The zero-order valence-electron chi connectivity index (χ0n) is 26.3. The van der Waals surface area contributed by atoms with E-state index in [2.05, 4.69) is 20.5 Å². The van der Waals surface area contributed by atoms with Crippen LogP contribution in [0.1, 0.15) is 69.1 Å². The van der Waals surface area contributed by atoms with Gasteiger partial charge in [0.15, 0.2) is 0 Å². The van der Waals surface area contributed by atoms with Gasteiger partial charge in [0, 0.05) is 50.1 Å². The van der Waals surface area contributed by atoms with Gasteiger partial charge in [-0.1, -0.05) is 6.07 Å². The molecule has 3 N–H and O–H groups in total.